The van der Waals surface area contributed by atoms with E-state index in [0.717, 1.165) is 25.9 Å². The third-order valence-corrected chi connectivity index (χ3v) is 6.56. The number of sulfonamides is 1. The van der Waals surface area contributed by atoms with Gasteiger partial charge < -0.3 is 15.4 Å². The summed E-state index contributed by atoms with van der Waals surface area (Å²) in [4.78, 5) is 12.8. The van der Waals surface area contributed by atoms with Crippen molar-refractivity contribution in [1.29, 1.82) is 0 Å². The van der Waals surface area contributed by atoms with Crippen molar-refractivity contribution in [2.45, 2.75) is 44.6 Å². The van der Waals surface area contributed by atoms with Crippen molar-refractivity contribution in [3.8, 4) is 5.75 Å². The first kappa shape index (κ1) is 24.7. The smallest absolute Gasteiger partial charge is 0.241 e. The van der Waals surface area contributed by atoms with Gasteiger partial charge in [-0.15, -0.1) is 12.4 Å². The summed E-state index contributed by atoms with van der Waals surface area (Å²) in [5.41, 5.74) is 0.0390. The lowest BCUT2D eigenvalue weighted by molar-refractivity contribution is -0.124. The van der Waals surface area contributed by atoms with Gasteiger partial charge in [0.05, 0.1) is 12.0 Å². The van der Waals surface area contributed by atoms with Crippen LogP contribution in [0.2, 0.25) is 0 Å². The Balaban J connectivity index is 0.00000392. The number of hydrogen-bond donors (Lipinski definition) is 3. The Bertz CT molecular complexity index is 732. The summed E-state index contributed by atoms with van der Waals surface area (Å²) in [7, 11) is -2.29. The molecule has 160 valence electrons. The predicted molar refractivity (Wildman–Crippen MR) is 112 cm³/mol. The molecule has 0 radical (unpaired) electrons. The van der Waals surface area contributed by atoms with Crippen LogP contribution in [0, 0.1) is 11.3 Å². The van der Waals surface area contributed by atoms with E-state index in [1.165, 1.54) is 19.2 Å². The molecule has 1 aromatic carbocycles. The molecule has 28 heavy (non-hydrogen) atoms. The Kier molecular flexibility index (Phi) is 9.20. The van der Waals surface area contributed by atoms with Gasteiger partial charge in [-0.1, -0.05) is 20.8 Å². The molecule has 1 saturated heterocycles. The van der Waals surface area contributed by atoms with Crippen LogP contribution < -0.4 is 20.1 Å². The van der Waals surface area contributed by atoms with E-state index in [-0.39, 0.29) is 34.5 Å². The number of rotatable bonds is 8. The van der Waals surface area contributed by atoms with Gasteiger partial charge in [0, 0.05) is 6.54 Å². The lowest BCUT2D eigenvalue weighted by atomic mass is 9.81. The number of carbonyl (C=O) groups excluding carboxylic acids is 1. The number of piperidine rings is 1. The van der Waals surface area contributed by atoms with Gasteiger partial charge in [0.15, 0.2) is 0 Å². The molecule has 0 aromatic heterocycles. The molecule has 1 atom stereocenters. The van der Waals surface area contributed by atoms with Crippen LogP contribution in [0.1, 0.15) is 33.6 Å². The zero-order chi connectivity index (χ0) is 20.1. The van der Waals surface area contributed by atoms with Crippen molar-refractivity contribution in [2.24, 2.45) is 11.3 Å². The van der Waals surface area contributed by atoms with Crippen LogP contribution in [0.4, 0.5) is 0 Å². The molecule has 1 aliphatic rings. The molecule has 0 spiro atoms. The van der Waals surface area contributed by atoms with Crippen LogP contribution in [-0.2, 0) is 14.8 Å². The topological polar surface area (TPSA) is 96.5 Å². The van der Waals surface area contributed by atoms with E-state index in [1.807, 2.05) is 13.8 Å². The molecule has 1 heterocycles. The molecule has 3 N–H and O–H groups in total. The maximum absolute atomic E-state index is 12.7. The van der Waals surface area contributed by atoms with Crippen molar-refractivity contribution in [2.75, 3.05) is 26.7 Å². The molecule has 0 saturated carbocycles. The highest BCUT2D eigenvalue weighted by atomic mass is 35.5. The Morgan fingerprint density at radius 1 is 1.21 bits per heavy atom. The molecule has 1 amide bonds. The third-order valence-electron chi connectivity index (χ3n) is 5.10. The number of methoxy groups -OCH3 is 1. The van der Waals surface area contributed by atoms with Crippen LogP contribution in [0.25, 0.3) is 0 Å². The monoisotopic (exact) mass is 433 g/mol. The second kappa shape index (κ2) is 10.4. The van der Waals surface area contributed by atoms with E-state index in [9.17, 15) is 13.2 Å². The fourth-order valence-electron chi connectivity index (χ4n) is 3.10. The highest BCUT2D eigenvalue weighted by Crippen LogP contribution is 2.26. The Labute approximate surface area is 174 Å². The van der Waals surface area contributed by atoms with E-state index >= 15 is 0 Å². The fraction of sp³-hybridized carbons (Fsp3) is 0.632. The van der Waals surface area contributed by atoms with Gasteiger partial charge in [-0.25, -0.2) is 8.42 Å². The van der Waals surface area contributed by atoms with Crippen LogP contribution in [0.3, 0.4) is 0 Å². The van der Waals surface area contributed by atoms with Gasteiger partial charge >= 0.3 is 0 Å². The summed E-state index contributed by atoms with van der Waals surface area (Å²) < 4.78 is 33.0. The highest BCUT2D eigenvalue weighted by Gasteiger charge is 2.31. The molecule has 0 aliphatic carbocycles. The largest absolute Gasteiger partial charge is 0.497 e. The van der Waals surface area contributed by atoms with Crippen molar-refractivity contribution >= 4 is 28.3 Å². The first-order valence-corrected chi connectivity index (χ1v) is 10.8. The van der Waals surface area contributed by atoms with Crippen LogP contribution in [0.15, 0.2) is 29.2 Å². The fourth-order valence-corrected chi connectivity index (χ4v) is 4.44. The number of benzene rings is 1. The minimum absolute atomic E-state index is 0. The minimum atomic E-state index is -3.81. The number of hydrogen-bond acceptors (Lipinski definition) is 5. The second-order valence-electron chi connectivity index (χ2n) is 7.80. The average molecular weight is 434 g/mol. The number of amides is 1. The van der Waals surface area contributed by atoms with Crippen LogP contribution >= 0.6 is 12.4 Å². The first-order chi connectivity index (χ1) is 12.7. The SMILES string of the molecule is COc1ccc(S(=O)(=O)NC(C(=O)NCC2(C)CCNCC2)C(C)C)cc1.Cl. The summed E-state index contributed by atoms with van der Waals surface area (Å²) in [6.07, 6.45) is 1.97. The normalized spacial score (nSPS) is 17.5. The number of nitrogens with one attached hydrogen (secondary N) is 3. The number of halogens is 1. The number of carbonyl (C=O) groups is 1. The predicted octanol–water partition coefficient (Wildman–Crippen LogP) is 1.93. The van der Waals surface area contributed by atoms with E-state index in [4.69, 9.17) is 4.74 Å². The summed E-state index contributed by atoms with van der Waals surface area (Å²) in [6.45, 7) is 8.22. The maximum atomic E-state index is 12.7. The van der Waals surface area contributed by atoms with Crippen molar-refractivity contribution in [1.82, 2.24) is 15.4 Å². The van der Waals surface area contributed by atoms with E-state index in [2.05, 4.69) is 22.3 Å². The summed E-state index contributed by atoms with van der Waals surface area (Å²) in [6, 6.07) is 5.26. The number of ether oxygens (including phenoxy) is 1. The molecular weight excluding hydrogens is 402 g/mol. The van der Waals surface area contributed by atoms with Crippen molar-refractivity contribution in [3.63, 3.8) is 0 Å². The third kappa shape index (κ3) is 6.62. The molecule has 9 heteroatoms. The van der Waals surface area contributed by atoms with E-state index < -0.39 is 16.1 Å². The van der Waals surface area contributed by atoms with Crippen LogP contribution in [0.5, 0.6) is 5.75 Å². The lowest BCUT2D eigenvalue weighted by Crippen LogP contribution is -2.52. The van der Waals surface area contributed by atoms with Gasteiger partial charge in [0.1, 0.15) is 11.8 Å². The van der Waals surface area contributed by atoms with E-state index in [1.54, 1.807) is 12.1 Å². The molecule has 1 aromatic rings. The van der Waals surface area contributed by atoms with Gasteiger partial charge in [-0.2, -0.15) is 4.72 Å². The quantitative estimate of drug-likeness (QED) is 0.582. The van der Waals surface area contributed by atoms with Gasteiger partial charge in [-0.05, 0) is 61.5 Å². The standard InChI is InChI=1S/C19H31N3O4S.ClH/c1-14(2)17(18(23)21-13-19(3)9-11-20-12-10-19)22-27(24,25)16-7-5-15(26-4)6-8-16;/h5-8,14,17,20,22H,9-13H2,1-4H3,(H,21,23);1H. The van der Waals surface area contributed by atoms with Crippen molar-refractivity contribution < 1.29 is 17.9 Å². The van der Waals surface area contributed by atoms with Crippen molar-refractivity contribution in [3.05, 3.63) is 24.3 Å². The molecule has 1 aliphatic heterocycles. The Morgan fingerprint density at radius 2 is 1.79 bits per heavy atom. The van der Waals surface area contributed by atoms with Gasteiger partial charge in [0.25, 0.3) is 0 Å². The van der Waals surface area contributed by atoms with E-state index in [0.29, 0.717) is 12.3 Å². The zero-order valence-electron chi connectivity index (χ0n) is 16.9. The molecule has 7 nitrogen and oxygen atoms in total. The zero-order valence-corrected chi connectivity index (χ0v) is 18.6. The Morgan fingerprint density at radius 3 is 2.29 bits per heavy atom. The minimum Gasteiger partial charge on any atom is -0.497 e. The molecule has 0 bridgehead atoms. The van der Waals surface area contributed by atoms with Gasteiger partial charge in [0.2, 0.25) is 15.9 Å². The van der Waals surface area contributed by atoms with Crippen LogP contribution in [-0.4, -0.2) is 47.1 Å². The average Bonchev–Trinajstić information content (AvgIpc) is 2.65. The van der Waals surface area contributed by atoms with Gasteiger partial charge in [-0.3, -0.25) is 4.79 Å². The molecule has 1 fully saturated rings. The summed E-state index contributed by atoms with van der Waals surface area (Å²) in [5, 5.41) is 6.27. The summed E-state index contributed by atoms with van der Waals surface area (Å²) in [5.74, 6) is 0.100. The summed E-state index contributed by atoms with van der Waals surface area (Å²) >= 11 is 0. The lowest BCUT2D eigenvalue weighted by Gasteiger charge is -2.34. The molecule has 1 unspecified atom stereocenters. The second-order valence-corrected chi connectivity index (χ2v) is 9.51. The Hall–Kier alpha value is -1.35. The first-order valence-electron chi connectivity index (χ1n) is 9.32. The molecule has 2 rings (SSSR count). The highest BCUT2D eigenvalue weighted by molar-refractivity contribution is 7.89. The molecular formula is C19H32ClN3O4S. The maximum Gasteiger partial charge on any atom is 0.241 e.